The Morgan fingerprint density at radius 1 is 1.42 bits per heavy atom. The molecule has 2 heterocycles. The number of halogens is 2. The molecule has 6 nitrogen and oxygen atoms in total. The first-order chi connectivity index (χ1) is 12.4. The zero-order chi connectivity index (χ0) is 18.7. The van der Waals surface area contributed by atoms with Crippen molar-refractivity contribution in [2.24, 2.45) is 0 Å². The topological polar surface area (TPSA) is 78.6 Å². The Hall–Kier alpha value is -1.60. The summed E-state index contributed by atoms with van der Waals surface area (Å²) >= 11 is 12.0. The smallest absolute Gasteiger partial charge is 0.237 e. The van der Waals surface area contributed by atoms with Crippen LogP contribution in [0.1, 0.15) is 23.4 Å². The number of carbonyl (C=O) groups is 1. The predicted molar refractivity (Wildman–Crippen MR) is 99.2 cm³/mol. The maximum atomic E-state index is 12.6. The van der Waals surface area contributed by atoms with Crippen molar-refractivity contribution in [2.75, 3.05) is 13.1 Å². The number of benzene rings is 1. The van der Waals surface area contributed by atoms with Crippen molar-refractivity contribution in [2.45, 2.75) is 38.5 Å². The van der Waals surface area contributed by atoms with Crippen LogP contribution in [0.25, 0.3) is 0 Å². The van der Waals surface area contributed by atoms with E-state index in [1.807, 2.05) is 17.9 Å². The zero-order valence-corrected chi connectivity index (χ0v) is 15.9. The molecular formula is C18H21Cl2N3O3. The SMILES string of the molecule is Cc1cc(CCN2C[C@H](O)C[C@H]2C(=O)NCc2ccc(Cl)cc2Cl)on1. The van der Waals surface area contributed by atoms with Crippen molar-refractivity contribution in [3.8, 4) is 0 Å². The quantitative estimate of drug-likeness (QED) is 0.782. The number of aliphatic hydroxyl groups is 1. The molecule has 26 heavy (non-hydrogen) atoms. The lowest BCUT2D eigenvalue weighted by Crippen LogP contribution is -2.43. The number of hydrogen-bond donors (Lipinski definition) is 2. The molecule has 0 aliphatic carbocycles. The lowest BCUT2D eigenvalue weighted by molar-refractivity contribution is -0.125. The molecule has 0 bridgehead atoms. The Morgan fingerprint density at radius 2 is 2.23 bits per heavy atom. The van der Waals surface area contributed by atoms with Crippen molar-refractivity contribution in [3.05, 3.63) is 51.3 Å². The summed E-state index contributed by atoms with van der Waals surface area (Å²) in [6.07, 6.45) is 0.539. The third kappa shape index (κ3) is 4.76. The fraction of sp³-hybridized carbons (Fsp3) is 0.444. The summed E-state index contributed by atoms with van der Waals surface area (Å²) in [6.45, 7) is 3.26. The number of hydrogen-bond acceptors (Lipinski definition) is 5. The van der Waals surface area contributed by atoms with Crippen LogP contribution >= 0.6 is 23.2 Å². The Morgan fingerprint density at radius 3 is 2.92 bits per heavy atom. The molecular weight excluding hydrogens is 377 g/mol. The van der Waals surface area contributed by atoms with Crippen LogP contribution in [0.5, 0.6) is 0 Å². The standard InChI is InChI=1S/C18H21Cl2N3O3/c1-11-6-15(26-22-11)4-5-23-10-14(24)8-17(23)18(25)21-9-12-2-3-13(19)7-16(12)20/h2-3,6-7,14,17,24H,4-5,8-10H2,1H3,(H,21,25)/t14-,17+/m1/s1. The van der Waals surface area contributed by atoms with Gasteiger partial charge in [0, 0.05) is 42.2 Å². The van der Waals surface area contributed by atoms with Gasteiger partial charge in [-0.3, -0.25) is 9.69 Å². The second-order valence-electron chi connectivity index (χ2n) is 6.54. The molecule has 0 saturated carbocycles. The number of aromatic nitrogens is 1. The van der Waals surface area contributed by atoms with E-state index < -0.39 is 6.10 Å². The highest BCUT2D eigenvalue weighted by Crippen LogP contribution is 2.22. The van der Waals surface area contributed by atoms with Crippen LogP contribution in [0.4, 0.5) is 0 Å². The van der Waals surface area contributed by atoms with Gasteiger partial charge in [0.15, 0.2) is 0 Å². The van der Waals surface area contributed by atoms with E-state index in [0.29, 0.717) is 42.5 Å². The summed E-state index contributed by atoms with van der Waals surface area (Å²) in [6, 6.07) is 6.68. The second kappa shape index (κ2) is 8.39. The van der Waals surface area contributed by atoms with Crippen LogP contribution in [-0.4, -0.2) is 46.3 Å². The Bertz CT molecular complexity index is 781. The Kier molecular flexibility index (Phi) is 6.19. The molecule has 1 aliphatic heterocycles. The van der Waals surface area contributed by atoms with Crippen LogP contribution in [0.2, 0.25) is 10.0 Å². The van der Waals surface area contributed by atoms with E-state index in [4.69, 9.17) is 27.7 Å². The van der Waals surface area contributed by atoms with Gasteiger partial charge in [-0.05, 0) is 31.0 Å². The van der Waals surface area contributed by atoms with Gasteiger partial charge in [-0.1, -0.05) is 34.4 Å². The molecule has 2 atom stereocenters. The van der Waals surface area contributed by atoms with E-state index in [0.717, 1.165) is 17.0 Å². The van der Waals surface area contributed by atoms with E-state index in [1.54, 1.807) is 18.2 Å². The molecule has 0 spiro atoms. The summed E-state index contributed by atoms with van der Waals surface area (Å²) in [4.78, 5) is 14.6. The largest absolute Gasteiger partial charge is 0.392 e. The minimum absolute atomic E-state index is 0.124. The van der Waals surface area contributed by atoms with Crippen molar-refractivity contribution in [1.82, 2.24) is 15.4 Å². The fourth-order valence-corrected chi connectivity index (χ4v) is 3.63. The Balaban J connectivity index is 1.57. The number of carbonyl (C=O) groups excluding carboxylic acids is 1. The third-order valence-electron chi connectivity index (χ3n) is 4.47. The lowest BCUT2D eigenvalue weighted by Gasteiger charge is -2.23. The van der Waals surface area contributed by atoms with Crippen LogP contribution in [0.3, 0.4) is 0 Å². The highest BCUT2D eigenvalue weighted by Gasteiger charge is 2.35. The molecule has 2 N–H and O–H groups in total. The molecule has 2 aromatic rings. The zero-order valence-electron chi connectivity index (χ0n) is 14.4. The number of β-amino-alcohol motifs (C(OH)–C–C–N with tert-alkyl or cyclic N) is 1. The first-order valence-electron chi connectivity index (χ1n) is 8.48. The van der Waals surface area contributed by atoms with Crippen LogP contribution in [0, 0.1) is 6.92 Å². The highest BCUT2D eigenvalue weighted by atomic mass is 35.5. The highest BCUT2D eigenvalue weighted by molar-refractivity contribution is 6.35. The number of amides is 1. The van der Waals surface area contributed by atoms with E-state index in [-0.39, 0.29) is 11.9 Å². The molecule has 3 rings (SSSR count). The number of aliphatic hydroxyl groups excluding tert-OH is 1. The normalized spacial score (nSPS) is 20.5. The fourth-order valence-electron chi connectivity index (χ4n) is 3.15. The van der Waals surface area contributed by atoms with E-state index in [2.05, 4.69) is 10.5 Å². The van der Waals surface area contributed by atoms with Crippen molar-refractivity contribution in [3.63, 3.8) is 0 Å². The summed E-state index contributed by atoms with van der Waals surface area (Å²) in [5.74, 6) is 0.650. The number of rotatable bonds is 6. The number of aryl methyl sites for hydroxylation is 1. The van der Waals surface area contributed by atoms with E-state index in [9.17, 15) is 9.90 Å². The second-order valence-corrected chi connectivity index (χ2v) is 7.38. The minimum Gasteiger partial charge on any atom is -0.392 e. The number of nitrogens with zero attached hydrogens (tertiary/aromatic N) is 2. The predicted octanol–water partition coefficient (Wildman–Crippen LogP) is 2.58. The summed E-state index contributed by atoms with van der Waals surface area (Å²) in [7, 11) is 0. The molecule has 0 radical (unpaired) electrons. The molecule has 1 saturated heterocycles. The molecule has 1 aliphatic rings. The molecule has 1 fully saturated rings. The van der Waals surface area contributed by atoms with Crippen LogP contribution < -0.4 is 5.32 Å². The monoisotopic (exact) mass is 397 g/mol. The Labute approximate surface area is 162 Å². The van der Waals surface area contributed by atoms with E-state index >= 15 is 0 Å². The molecule has 1 aromatic carbocycles. The van der Waals surface area contributed by atoms with Crippen LogP contribution in [0.15, 0.2) is 28.8 Å². The summed E-state index contributed by atoms with van der Waals surface area (Å²) in [5.41, 5.74) is 1.63. The van der Waals surface area contributed by atoms with Gasteiger partial charge < -0.3 is 14.9 Å². The molecule has 1 aromatic heterocycles. The number of nitrogens with one attached hydrogen (secondary N) is 1. The first-order valence-corrected chi connectivity index (χ1v) is 9.24. The van der Waals surface area contributed by atoms with Gasteiger partial charge in [-0.15, -0.1) is 0 Å². The third-order valence-corrected chi connectivity index (χ3v) is 5.06. The van der Waals surface area contributed by atoms with Gasteiger partial charge in [0.25, 0.3) is 0 Å². The van der Waals surface area contributed by atoms with Crippen molar-refractivity contribution < 1.29 is 14.4 Å². The van der Waals surface area contributed by atoms with E-state index in [1.165, 1.54) is 0 Å². The van der Waals surface area contributed by atoms with Gasteiger partial charge in [-0.25, -0.2) is 0 Å². The molecule has 8 heteroatoms. The maximum absolute atomic E-state index is 12.6. The number of likely N-dealkylation sites (tertiary alicyclic amines) is 1. The molecule has 1 amide bonds. The summed E-state index contributed by atoms with van der Waals surface area (Å²) in [5, 5.41) is 17.8. The van der Waals surface area contributed by atoms with Crippen LogP contribution in [-0.2, 0) is 17.8 Å². The average molecular weight is 398 g/mol. The molecule has 140 valence electrons. The van der Waals surface area contributed by atoms with Gasteiger partial charge in [0.2, 0.25) is 5.91 Å². The van der Waals surface area contributed by atoms with Gasteiger partial charge in [0.1, 0.15) is 5.76 Å². The van der Waals surface area contributed by atoms with Crippen molar-refractivity contribution >= 4 is 29.1 Å². The lowest BCUT2D eigenvalue weighted by atomic mass is 10.1. The van der Waals surface area contributed by atoms with Gasteiger partial charge in [-0.2, -0.15) is 0 Å². The summed E-state index contributed by atoms with van der Waals surface area (Å²) < 4.78 is 5.21. The average Bonchev–Trinajstić information content (AvgIpc) is 3.17. The van der Waals surface area contributed by atoms with Crippen molar-refractivity contribution in [1.29, 1.82) is 0 Å². The first kappa shape index (κ1) is 19.2. The van der Waals surface area contributed by atoms with Gasteiger partial charge >= 0.3 is 0 Å². The maximum Gasteiger partial charge on any atom is 0.237 e. The minimum atomic E-state index is -0.513. The van der Waals surface area contributed by atoms with Gasteiger partial charge in [0.05, 0.1) is 17.8 Å². The molecule has 0 unspecified atom stereocenters.